The number of rotatable bonds is 4. The van der Waals surface area contributed by atoms with E-state index in [0.29, 0.717) is 17.3 Å². The summed E-state index contributed by atoms with van der Waals surface area (Å²) in [5.74, 6) is -0.109. The highest BCUT2D eigenvalue weighted by Crippen LogP contribution is 2.24. The lowest BCUT2D eigenvalue weighted by molar-refractivity contribution is -0.130. The molecule has 4 rings (SSSR count). The number of nitrogens with zero attached hydrogens (tertiary/aromatic N) is 1. The Kier molecular flexibility index (Phi) is 4.18. The summed E-state index contributed by atoms with van der Waals surface area (Å²) >= 11 is 0. The first-order valence-corrected chi connectivity index (χ1v) is 8.18. The van der Waals surface area contributed by atoms with Gasteiger partial charge in [0.25, 0.3) is 11.8 Å². The van der Waals surface area contributed by atoms with Gasteiger partial charge in [0.2, 0.25) is 0 Å². The first kappa shape index (κ1) is 16.6. The van der Waals surface area contributed by atoms with Crippen LogP contribution in [-0.2, 0) is 16.1 Å². The molecule has 3 heterocycles. The predicted molar refractivity (Wildman–Crippen MR) is 94.9 cm³/mol. The van der Waals surface area contributed by atoms with Gasteiger partial charge in [-0.3, -0.25) is 19.8 Å². The van der Waals surface area contributed by atoms with Gasteiger partial charge in [-0.15, -0.1) is 0 Å². The number of furan rings is 2. The zero-order valence-electron chi connectivity index (χ0n) is 14.0. The summed E-state index contributed by atoms with van der Waals surface area (Å²) in [5.41, 5.74) is 0.686. The first-order valence-electron chi connectivity index (χ1n) is 8.18. The number of urea groups is 1. The normalized spacial score (nSPS) is 16.1. The number of nitrogens with one attached hydrogen (secondary N) is 1. The van der Waals surface area contributed by atoms with Gasteiger partial charge in [-0.05, 0) is 30.3 Å². The Hall–Kier alpha value is -3.87. The standard InChI is InChI=1S/C20H14N2O5/c23-18-16(11-14-8-9-17(27-14)13-5-2-1-3-6-13)19(24)22(20(25)21-18)12-15-7-4-10-26-15/h1-11H,12H2,(H,21,23,25)/b16-11+. The third-order valence-corrected chi connectivity index (χ3v) is 4.05. The van der Waals surface area contributed by atoms with E-state index in [-0.39, 0.29) is 12.1 Å². The van der Waals surface area contributed by atoms with Crippen LogP contribution in [0.5, 0.6) is 0 Å². The van der Waals surface area contributed by atoms with E-state index in [1.807, 2.05) is 30.3 Å². The first-order chi connectivity index (χ1) is 13.1. The van der Waals surface area contributed by atoms with Crippen molar-refractivity contribution in [1.29, 1.82) is 0 Å². The van der Waals surface area contributed by atoms with Crippen LogP contribution in [-0.4, -0.2) is 22.7 Å². The number of imide groups is 2. The summed E-state index contributed by atoms with van der Waals surface area (Å²) in [4.78, 5) is 37.7. The second-order valence-electron chi connectivity index (χ2n) is 5.86. The minimum absolute atomic E-state index is 0.0737. The summed E-state index contributed by atoms with van der Waals surface area (Å²) in [5, 5.41) is 2.16. The van der Waals surface area contributed by atoms with Gasteiger partial charge in [-0.2, -0.15) is 0 Å². The molecular formula is C20H14N2O5. The SMILES string of the molecule is O=C1NC(=O)N(Cc2ccco2)C(=O)/C1=C/c1ccc(-c2ccccc2)o1. The van der Waals surface area contributed by atoms with Crippen molar-refractivity contribution in [2.75, 3.05) is 0 Å². The van der Waals surface area contributed by atoms with Gasteiger partial charge in [-0.25, -0.2) is 4.79 Å². The maximum Gasteiger partial charge on any atom is 0.331 e. The molecule has 1 aliphatic heterocycles. The van der Waals surface area contributed by atoms with E-state index >= 15 is 0 Å². The Morgan fingerprint density at radius 1 is 0.963 bits per heavy atom. The number of hydrogen-bond acceptors (Lipinski definition) is 5. The molecule has 0 aliphatic carbocycles. The third kappa shape index (κ3) is 3.30. The average molecular weight is 362 g/mol. The Bertz CT molecular complexity index is 1030. The molecule has 1 fully saturated rings. The van der Waals surface area contributed by atoms with E-state index in [1.165, 1.54) is 12.3 Å². The van der Waals surface area contributed by atoms with Gasteiger partial charge in [-0.1, -0.05) is 30.3 Å². The molecule has 0 spiro atoms. The fraction of sp³-hybridized carbons (Fsp3) is 0.0500. The molecule has 1 aromatic carbocycles. The molecule has 7 nitrogen and oxygen atoms in total. The number of carbonyl (C=O) groups is 3. The number of benzene rings is 1. The van der Waals surface area contributed by atoms with Crippen LogP contribution < -0.4 is 5.32 Å². The average Bonchev–Trinajstić information content (AvgIpc) is 3.35. The summed E-state index contributed by atoms with van der Waals surface area (Å²) in [7, 11) is 0. The molecule has 3 aromatic rings. The molecular weight excluding hydrogens is 348 g/mol. The highest BCUT2D eigenvalue weighted by atomic mass is 16.3. The number of amides is 4. The number of carbonyl (C=O) groups excluding carboxylic acids is 3. The molecule has 0 bridgehead atoms. The lowest BCUT2D eigenvalue weighted by Gasteiger charge is -2.25. The van der Waals surface area contributed by atoms with E-state index in [0.717, 1.165) is 10.5 Å². The summed E-state index contributed by atoms with van der Waals surface area (Å²) in [6.45, 7) is -0.0737. The second-order valence-corrected chi connectivity index (χ2v) is 5.86. The van der Waals surface area contributed by atoms with E-state index in [9.17, 15) is 14.4 Å². The maximum absolute atomic E-state index is 12.6. The van der Waals surface area contributed by atoms with Crippen molar-refractivity contribution in [2.45, 2.75) is 6.54 Å². The quantitative estimate of drug-likeness (QED) is 0.568. The molecule has 0 saturated carbocycles. The maximum atomic E-state index is 12.6. The van der Waals surface area contributed by atoms with Crippen molar-refractivity contribution < 1.29 is 23.2 Å². The van der Waals surface area contributed by atoms with Crippen LogP contribution >= 0.6 is 0 Å². The van der Waals surface area contributed by atoms with Crippen molar-refractivity contribution >= 4 is 23.9 Å². The highest BCUT2D eigenvalue weighted by Gasteiger charge is 2.36. The molecule has 1 N–H and O–H groups in total. The fourth-order valence-corrected chi connectivity index (χ4v) is 2.73. The van der Waals surface area contributed by atoms with Gasteiger partial charge in [0.05, 0.1) is 12.8 Å². The monoisotopic (exact) mass is 362 g/mol. The van der Waals surface area contributed by atoms with Crippen molar-refractivity contribution in [3.63, 3.8) is 0 Å². The van der Waals surface area contributed by atoms with Crippen LogP contribution in [0.1, 0.15) is 11.5 Å². The van der Waals surface area contributed by atoms with Gasteiger partial charge in [0.15, 0.2) is 0 Å². The van der Waals surface area contributed by atoms with Crippen LogP contribution in [0.25, 0.3) is 17.4 Å². The van der Waals surface area contributed by atoms with Gasteiger partial charge in [0, 0.05) is 5.56 Å². The Balaban J connectivity index is 1.61. The van der Waals surface area contributed by atoms with Crippen LogP contribution in [0.2, 0.25) is 0 Å². The molecule has 134 valence electrons. The Morgan fingerprint density at radius 2 is 1.78 bits per heavy atom. The van der Waals surface area contributed by atoms with Crippen LogP contribution in [0.4, 0.5) is 4.79 Å². The van der Waals surface area contributed by atoms with Crippen molar-refractivity contribution in [3.05, 3.63) is 78.0 Å². The number of barbiturate groups is 1. The predicted octanol–water partition coefficient (Wildman–Crippen LogP) is 3.20. The summed E-state index contributed by atoms with van der Waals surface area (Å²) in [6.07, 6.45) is 2.77. The van der Waals surface area contributed by atoms with E-state index < -0.39 is 17.8 Å². The second kappa shape index (κ2) is 6.80. The Labute approximate surface area is 153 Å². The highest BCUT2D eigenvalue weighted by molar-refractivity contribution is 6.30. The smallest absolute Gasteiger partial charge is 0.331 e. The molecule has 4 amide bonds. The van der Waals surface area contributed by atoms with E-state index in [4.69, 9.17) is 8.83 Å². The molecule has 27 heavy (non-hydrogen) atoms. The lowest BCUT2D eigenvalue weighted by atomic mass is 10.1. The minimum Gasteiger partial charge on any atom is -0.467 e. The van der Waals surface area contributed by atoms with Crippen LogP contribution in [0, 0.1) is 0 Å². The molecule has 2 aromatic heterocycles. The van der Waals surface area contributed by atoms with E-state index in [2.05, 4.69) is 5.32 Å². The molecule has 7 heteroatoms. The molecule has 0 radical (unpaired) electrons. The molecule has 1 saturated heterocycles. The fourth-order valence-electron chi connectivity index (χ4n) is 2.73. The van der Waals surface area contributed by atoms with Crippen LogP contribution in [0.3, 0.4) is 0 Å². The van der Waals surface area contributed by atoms with Crippen LogP contribution in [0.15, 0.2) is 75.3 Å². The topological polar surface area (TPSA) is 92.8 Å². The molecule has 0 unspecified atom stereocenters. The lowest BCUT2D eigenvalue weighted by Crippen LogP contribution is -2.53. The molecule has 1 aliphatic rings. The Morgan fingerprint density at radius 3 is 2.52 bits per heavy atom. The van der Waals surface area contributed by atoms with Gasteiger partial charge in [0.1, 0.15) is 22.9 Å². The van der Waals surface area contributed by atoms with Crippen molar-refractivity contribution in [1.82, 2.24) is 10.2 Å². The third-order valence-electron chi connectivity index (χ3n) is 4.05. The number of hydrogen-bond donors (Lipinski definition) is 1. The largest absolute Gasteiger partial charge is 0.467 e. The van der Waals surface area contributed by atoms with Crippen molar-refractivity contribution in [3.8, 4) is 11.3 Å². The van der Waals surface area contributed by atoms with Gasteiger partial charge < -0.3 is 8.83 Å². The zero-order chi connectivity index (χ0) is 18.8. The zero-order valence-corrected chi connectivity index (χ0v) is 14.0. The summed E-state index contributed by atoms with van der Waals surface area (Å²) < 4.78 is 10.9. The van der Waals surface area contributed by atoms with Gasteiger partial charge >= 0.3 is 6.03 Å². The van der Waals surface area contributed by atoms with Crippen molar-refractivity contribution in [2.24, 2.45) is 0 Å². The molecule has 0 atom stereocenters. The summed E-state index contributed by atoms with van der Waals surface area (Å²) in [6, 6.07) is 15.3. The van der Waals surface area contributed by atoms with E-state index in [1.54, 1.807) is 24.3 Å². The minimum atomic E-state index is -0.789.